The van der Waals surface area contributed by atoms with Crippen molar-refractivity contribution in [1.29, 1.82) is 0 Å². The van der Waals surface area contributed by atoms with Gasteiger partial charge in [-0.05, 0) is 66.3 Å². The first kappa shape index (κ1) is 17.6. The third-order valence-electron chi connectivity index (χ3n) is 7.18. The minimum Gasteiger partial charge on any atom is -0.312 e. The average molecular weight is 374 g/mol. The first-order valence-corrected chi connectivity index (χ1v) is 10.4. The number of benzene rings is 1. The second kappa shape index (κ2) is 6.26. The molecule has 1 amide bonds. The minimum absolute atomic E-state index is 0.0641. The summed E-state index contributed by atoms with van der Waals surface area (Å²) in [6.45, 7) is 2.72. The van der Waals surface area contributed by atoms with E-state index in [0.717, 1.165) is 49.9 Å². The van der Waals surface area contributed by atoms with Crippen LogP contribution in [-0.4, -0.2) is 23.2 Å². The average Bonchev–Trinajstić information content (AvgIpc) is 3.08. The molecule has 0 N–H and O–H groups in total. The number of anilines is 1. The van der Waals surface area contributed by atoms with Gasteiger partial charge in [0.05, 0.1) is 0 Å². The molecule has 2 bridgehead atoms. The van der Waals surface area contributed by atoms with E-state index in [1.807, 2.05) is 30.2 Å². The molecule has 144 valence electrons. The van der Waals surface area contributed by atoms with Gasteiger partial charge < -0.3 is 4.90 Å². The van der Waals surface area contributed by atoms with Gasteiger partial charge >= 0.3 is 0 Å². The van der Waals surface area contributed by atoms with E-state index >= 15 is 0 Å². The lowest BCUT2D eigenvalue weighted by Crippen LogP contribution is -2.67. The Bertz CT molecular complexity index is 931. The van der Waals surface area contributed by atoms with E-state index < -0.39 is 0 Å². The molecule has 6 rings (SSSR count). The van der Waals surface area contributed by atoms with Crippen molar-refractivity contribution in [1.82, 2.24) is 4.98 Å². The highest BCUT2D eigenvalue weighted by Crippen LogP contribution is 2.74. The van der Waals surface area contributed by atoms with Crippen LogP contribution in [0.15, 0.2) is 42.7 Å². The number of aromatic nitrogens is 1. The molecule has 0 saturated heterocycles. The van der Waals surface area contributed by atoms with Crippen molar-refractivity contribution in [2.75, 3.05) is 11.4 Å². The fourth-order valence-corrected chi connectivity index (χ4v) is 5.64. The number of pyridine rings is 1. The lowest BCUT2D eigenvalue weighted by Gasteiger charge is -2.70. The summed E-state index contributed by atoms with van der Waals surface area (Å²) in [4.78, 5) is 31.0. The largest absolute Gasteiger partial charge is 0.312 e. The summed E-state index contributed by atoms with van der Waals surface area (Å²) in [7, 11) is 0. The maximum Gasteiger partial charge on any atom is 0.226 e. The zero-order valence-corrected chi connectivity index (χ0v) is 16.4. The van der Waals surface area contributed by atoms with E-state index in [1.165, 1.54) is 11.1 Å². The molecule has 0 unspecified atom stereocenters. The zero-order chi connectivity index (χ0) is 19.4. The number of Topliss-reactive ketones (excluding diaryl/α,β-unsaturated/α-hetero) is 1. The molecule has 2 aromatic rings. The van der Waals surface area contributed by atoms with Gasteiger partial charge in [-0.25, -0.2) is 0 Å². The molecule has 4 nitrogen and oxygen atoms in total. The summed E-state index contributed by atoms with van der Waals surface area (Å²) in [5, 5.41) is 0. The summed E-state index contributed by atoms with van der Waals surface area (Å²) >= 11 is 0. The van der Waals surface area contributed by atoms with Crippen LogP contribution in [0.2, 0.25) is 0 Å². The predicted molar refractivity (Wildman–Crippen MR) is 108 cm³/mol. The third-order valence-corrected chi connectivity index (χ3v) is 7.18. The molecule has 4 heteroatoms. The molecule has 0 spiro atoms. The second-order valence-corrected chi connectivity index (χ2v) is 8.87. The van der Waals surface area contributed by atoms with Gasteiger partial charge in [-0.2, -0.15) is 0 Å². The number of carbonyl (C=O) groups is 2. The maximum atomic E-state index is 12.8. The van der Waals surface area contributed by atoms with E-state index in [0.29, 0.717) is 18.6 Å². The van der Waals surface area contributed by atoms with Gasteiger partial charge in [0.1, 0.15) is 5.78 Å². The van der Waals surface area contributed by atoms with E-state index in [9.17, 15) is 9.59 Å². The van der Waals surface area contributed by atoms with Gasteiger partial charge in [-0.1, -0.05) is 25.1 Å². The van der Waals surface area contributed by atoms with Crippen LogP contribution >= 0.6 is 0 Å². The van der Waals surface area contributed by atoms with Gasteiger partial charge in [-0.15, -0.1) is 0 Å². The normalized spacial score (nSPS) is 27.0. The Morgan fingerprint density at radius 2 is 2.00 bits per heavy atom. The second-order valence-electron chi connectivity index (χ2n) is 8.87. The highest BCUT2D eigenvalue weighted by molar-refractivity contribution is 5.95. The Labute approximate surface area is 166 Å². The van der Waals surface area contributed by atoms with Crippen LogP contribution in [0.25, 0.3) is 0 Å². The minimum atomic E-state index is -0.0641. The number of amides is 1. The number of hydrogen-bond acceptors (Lipinski definition) is 3. The fourth-order valence-electron chi connectivity index (χ4n) is 5.64. The highest BCUT2D eigenvalue weighted by Gasteiger charge is 2.71. The summed E-state index contributed by atoms with van der Waals surface area (Å²) in [6, 6.07) is 10.6. The van der Waals surface area contributed by atoms with Crippen molar-refractivity contribution < 1.29 is 9.59 Å². The van der Waals surface area contributed by atoms with E-state index in [2.05, 4.69) is 23.2 Å². The smallest absolute Gasteiger partial charge is 0.226 e. The molecular weight excluding hydrogens is 348 g/mol. The Morgan fingerprint density at radius 3 is 2.71 bits per heavy atom. The van der Waals surface area contributed by atoms with Crippen LogP contribution in [0.3, 0.4) is 0 Å². The van der Waals surface area contributed by atoms with Crippen molar-refractivity contribution in [3.63, 3.8) is 0 Å². The molecule has 28 heavy (non-hydrogen) atoms. The van der Waals surface area contributed by atoms with Crippen molar-refractivity contribution in [3.05, 3.63) is 59.4 Å². The first-order chi connectivity index (χ1) is 13.6. The van der Waals surface area contributed by atoms with Crippen LogP contribution in [0.4, 0.5) is 5.69 Å². The van der Waals surface area contributed by atoms with Crippen molar-refractivity contribution in [2.45, 2.75) is 57.3 Å². The molecule has 0 radical (unpaired) electrons. The monoisotopic (exact) mass is 374 g/mol. The van der Waals surface area contributed by atoms with E-state index in [1.54, 1.807) is 6.20 Å². The number of carbonyl (C=O) groups excluding carboxylic acids is 2. The Morgan fingerprint density at radius 1 is 1.18 bits per heavy atom. The molecule has 3 aliphatic carbocycles. The van der Waals surface area contributed by atoms with Crippen LogP contribution in [0, 0.1) is 5.41 Å². The molecule has 3 fully saturated rings. The molecule has 2 heterocycles. The van der Waals surface area contributed by atoms with Gasteiger partial charge in [0.15, 0.2) is 0 Å². The number of fused-ring (bicyclic) bond motifs is 1. The Balaban J connectivity index is 1.24. The Hall–Kier alpha value is -2.49. The van der Waals surface area contributed by atoms with Crippen molar-refractivity contribution in [2.24, 2.45) is 5.41 Å². The number of rotatable bonds is 6. The van der Waals surface area contributed by atoms with Crippen LogP contribution in [0.1, 0.15) is 55.7 Å². The summed E-state index contributed by atoms with van der Waals surface area (Å²) in [5.74, 6) is 0.634. The SMILES string of the molecule is CCC(=O)N1CCc2cc(C34CC(C(=O)CCc5cccnc5)(C3)C4)ccc21. The summed E-state index contributed by atoms with van der Waals surface area (Å²) in [5.41, 5.74) is 5.04. The summed E-state index contributed by atoms with van der Waals surface area (Å²) < 4.78 is 0. The maximum absolute atomic E-state index is 12.8. The van der Waals surface area contributed by atoms with Gasteiger partial charge in [0, 0.05) is 42.9 Å². The highest BCUT2D eigenvalue weighted by atomic mass is 16.2. The van der Waals surface area contributed by atoms with Crippen molar-refractivity contribution >= 4 is 17.4 Å². The molecule has 1 aromatic heterocycles. The van der Waals surface area contributed by atoms with Crippen LogP contribution < -0.4 is 4.90 Å². The number of nitrogens with zero attached hydrogens (tertiary/aromatic N) is 2. The number of aryl methyl sites for hydroxylation is 1. The quantitative estimate of drug-likeness (QED) is 0.768. The first-order valence-electron chi connectivity index (χ1n) is 10.4. The lowest BCUT2D eigenvalue weighted by atomic mass is 9.32. The van der Waals surface area contributed by atoms with Gasteiger partial charge in [-0.3, -0.25) is 14.6 Å². The number of hydrogen-bond donors (Lipinski definition) is 0. The standard InChI is InChI=1S/C24H26N2O2/c1-2-22(28)26-11-9-18-12-19(6-7-20(18)26)23-14-24(15-23,16-23)21(27)8-5-17-4-3-10-25-13-17/h3-4,6-7,10,12-13H,2,5,8-9,11,14-16H2,1H3. The molecule has 4 aliphatic rings. The molecule has 3 saturated carbocycles. The summed E-state index contributed by atoms with van der Waals surface area (Å²) in [6.07, 6.45) is 9.54. The molecular formula is C24H26N2O2. The topological polar surface area (TPSA) is 50.3 Å². The number of ketones is 1. The predicted octanol–water partition coefficient (Wildman–Crippen LogP) is 4.00. The third kappa shape index (κ3) is 2.54. The van der Waals surface area contributed by atoms with Crippen molar-refractivity contribution in [3.8, 4) is 0 Å². The van der Waals surface area contributed by atoms with Gasteiger partial charge in [0.2, 0.25) is 5.91 Å². The fraction of sp³-hybridized carbons (Fsp3) is 0.458. The lowest BCUT2D eigenvalue weighted by molar-refractivity contribution is -0.173. The molecule has 0 atom stereocenters. The molecule has 1 aromatic carbocycles. The van der Waals surface area contributed by atoms with Crippen LogP contribution in [0.5, 0.6) is 0 Å². The van der Waals surface area contributed by atoms with Crippen LogP contribution in [-0.2, 0) is 27.8 Å². The van der Waals surface area contributed by atoms with Gasteiger partial charge in [0.25, 0.3) is 0 Å². The molecule has 1 aliphatic heterocycles. The Kier molecular flexibility index (Phi) is 3.94. The van der Waals surface area contributed by atoms with E-state index in [4.69, 9.17) is 0 Å². The zero-order valence-electron chi connectivity index (χ0n) is 16.4. The van der Waals surface area contributed by atoms with E-state index in [-0.39, 0.29) is 16.7 Å².